The van der Waals surface area contributed by atoms with Gasteiger partial charge in [0.15, 0.2) is 0 Å². The Morgan fingerprint density at radius 2 is 1.80 bits per heavy atom. The molecule has 4 nitrogen and oxygen atoms in total. The van der Waals surface area contributed by atoms with Crippen molar-refractivity contribution in [2.24, 2.45) is 17.6 Å². The largest absolute Gasteiger partial charge is 0.480 e. The molecule has 2 atom stereocenters. The molecule has 15 heavy (non-hydrogen) atoms. The lowest BCUT2D eigenvalue weighted by Crippen LogP contribution is -2.24. The zero-order chi connectivity index (χ0) is 11.4. The zero-order valence-electron chi connectivity index (χ0n) is 9.77. The van der Waals surface area contributed by atoms with Crippen LogP contribution in [-0.4, -0.2) is 17.1 Å². The van der Waals surface area contributed by atoms with Crippen molar-refractivity contribution in [3.05, 3.63) is 18.1 Å². The normalized spacial score (nSPS) is 15.1. The Morgan fingerprint density at radius 3 is 2.33 bits per heavy atom. The van der Waals surface area contributed by atoms with Crippen molar-refractivity contribution in [2.45, 2.75) is 26.8 Å². The van der Waals surface area contributed by atoms with Gasteiger partial charge < -0.3 is 10.5 Å². The first kappa shape index (κ1) is 11.9. The number of methoxy groups -OCH3 is 1. The van der Waals surface area contributed by atoms with Crippen LogP contribution in [0, 0.1) is 11.8 Å². The van der Waals surface area contributed by atoms with Crippen LogP contribution < -0.4 is 10.5 Å². The van der Waals surface area contributed by atoms with Crippen LogP contribution in [0.5, 0.6) is 5.88 Å². The van der Waals surface area contributed by atoms with Gasteiger partial charge >= 0.3 is 0 Å². The number of aromatic nitrogens is 2. The topological polar surface area (TPSA) is 61.0 Å². The third kappa shape index (κ3) is 2.65. The molecule has 0 aliphatic carbocycles. The molecule has 2 unspecified atom stereocenters. The predicted octanol–water partition coefficient (Wildman–Crippen LogP) is 1.78. The Labute approximate surface area is 90.9 Å². The average molecular weight is 209 g/mol. The summed E-state index contributed by atoms with van der Waals surface area (Å²) in [5.74, 6) is 1.37. The van der Waals surface area contributed by atoms with Crippen molar-refractivity contribution in [3.63, 3.8) is 0 Å². The van der Waals surface area contributed by atoms with E-state index < -0.39 is 0 Å². The lowest BCUT2D eigenvalue weighted by Gasteiger charge is -2.23. The summed E-state index contributed by atoms with van der Waals surface area (Å²) in [6.07, 6.45) is 3.25. The van der Waals surface area contributed by atoms with E-state index in [4.69, 9.17) is 10.5 Å². The highest BCUT2D eigenvalue weighted by Crippen LogP contribution is 2.28. The molecule has 4 heteroatoms. The lowest BCUT2D eigenvalue weighted by atomic mass is 9.89. The molecule has 0 saturated carbocycles. The summed E-state index contributed by atoms with van der Waals surface area (Å²) in [6.45, 7) is 6.41. The van der Waals surface area contributed by atoms with Crippen molar-refractivity contribution in [1.82, 2.24) is 9.97 Å². The SMILES string of the molecule is COc1nccnc1C(N)C(C)C(C)C. The molecule has 0 aliphatic rings. The van der Waals surface area contributed by atoms with Crippen LogP contribution >= 0.6 is 0 Å². The first-order chi connectivity index (χ1) is 7.07. The first-order valence-electron chi connectivity index (χ1n) is 5.18. The molecule has 0 aromatic carbocycles. The van der Waals surface area contributed by atoms with E-state index >= 15 is 0 Å². The van der Waals surface area contributed by atoms with E-state index in [1.54, 1.807) is 19.5 Å². The Hall–Kier alpha value is -1.16. The Morgan fingerprint density at radius 1 is 1.20 bits per heavy atom. The van der Waals surface area contributed by atoms with Crippen molar-refractivity contribution in [2.75, 3.05) is 7.11 Å². The lowest BCUT2D eigenvalue weighted by molar-refractivity contribution is 0.326. The molecule has 2 N–H and O–H groups in total. The minimum atomic E-state index is -0.131. The van der Waals surface area contributed by atoms with Crippen LogP contribution in [0.15, 0.2) is 12.4 Å². The van der Waals surface area contributed by atoms with Gasteiger partial charge in [-0.05, 0) is 11.8 Å². The highest BCUT2D eigenvalue weighted by molar-refractivity contribution is 5.21. The number of nitrogens with zero attached hydrogens (tertiary/aromatic N) is 2. The number of rotatable bonds is 4. The minimum Gasteiger partial charge on any atom is -0.480 e. The highest BCUT2D eigenvalue weighted by Gasteiger charge is 2.22. The molecule has 0 fully saturated rings. The molecule has 0 radical (unpaired) electrons. The molecule has 0 amide bonds. The summed E-state index contributed by atoms with van der Waals surface area (Å²) >= 11 is 0. The molecule has 0 saturated heterocycles. The van der Waals surface area contributed by atoms with Crippen LogP contribution in [0.1, 0.15) is 32.5 Å². The van der Waals surface area contributed by atoms with Gasteiger partial charge in [0, 0.05) is 12.4 Å². The Balaban J connectivity index is 2.94. The quantitative estimate of drug-likeness (QED) is 0.821. The van der Waals surface area contributed by atoms with E-state index in [0.717, 1.165) is 5.69 Å². The minimum absolute atomic E-state index is 0.131. The maximum Gasteiger partial charge on any atom is 0.236 e. The number of nitrogens with two attached hydrogens (primary N) is 1. The number of hydrogen-bond acceptors (Lipinski definition) is 4. The Bertz CT molecular complexity index is 314. The molecule has 1 aromatic heterocycles. The van der Waals surface area contributed by atoms with Crippen LogP contribution in [0.4, 0.5) is 0 Å². The number of hydrogen-bond donors (Lipinski definition) is 1. The van der Waals surface area contributed by atoms with Crippen LogP contribution in [0.3, 0.4) is 0 Å². The molecule has 1 heterocycles. The summed E-state index contributed by atoms with van der Waals surface area (Å²) in [7, 11) is 1.58. The zero-order valence-corrected chi connectivity index (χ0v) is 9.77. The van der Waals surface area contributed by atoms with Gasteiger partial charge in [-0.2, -0.15) is 0 Å². The third-order valence-electron chi connectivity index (χ3n) is 2.82. The molecule has 0 aliphatic heterocycles. The molecule has 84 valence electrons. The van der Waals surface area contributed by atoms with Crippen molar-refractivity contribution >= 4 is 0 Å². The summed E-state index contributed by atoms with van der Waals surface area (Å²) in [5, 5.41) is 0. The highest BCUT2D eigenvalue weighted by atomic mass is 16.5. The summed E-state index contributed by atoms with van der Waals surface area (Å²) in [4.78, 5) is 8.34. The third-order valence-corrected chi connectivity index (χ3v) is 2.82. The van der Waals surface area contributed by atoms with Gasteiger partial charge in [0.05, 0.1) is 13.2 Å². The van der Waals surface area contributed by atoms with Gasteiger partial charge in [0.1, 0.15) is 5.69 Å². The fraction of sp³-hybridized carbons (Fsp3) is 0.636. The maximum atomic E-state index is 6.13. The van der Waals surface area contributed by atoms with Gasteiger partial charge in [-0.15, -0.1) is 0 Å². The van der Waals surface area contributed by atoms with E-state index in [2.05, 4.69) is 30.7 Å². The fourth-order valence-electron chi connectivity index (χ4n) is 1.39. The maximum absolute atomic E-state index is 6.13. The smallest absolute Gasteiger partial charge is 0.236 e. The molecular formula is C11H19N3O. The van der Waals surface area contributed by atoms with E-state index in [9.17, 15) is 0 Å². The summed E-state index contributed by atoms with van der Waals surface area (Å²) in [5.41, 5.74) is 6.87. The van der Waals surface area contributed by atoms with E-state index in [-0.39, 0.29) is 6.04 Å². The first-order valence-corrected chi connectivity index (χ1v) is 5.18. The average Bonchev–Trinajstić information content (AvgIpc) is 2.26. The molecule has 0 spiro atoms. The van der Waals surface area contributed by atoms with E-state index in [0.29, 0.717) is 17.7 Å². The van der Waals surface area contributed by atoms with Gasteiger partial charge in [-0.1, -0.05) is 20.8 Å². The Kier molecular flexibility index (Phi) is 4.03. The second-order valence-electron chi connectivity index (χ2n) is 4.08. The van der Waals surface area contributed by atoms with Gasteiger partial charge in [0.25, 0.3) is 0 Å². The second kappa shape index (κ2) is 5.07. The van der Waals surface area contributed by atoms with Crippen LogP contribution in [-0.2, 0) is 0 Å². The molecule has 1 rings (SSSR count). The summed E-state index contributed by atoms with van der Waals surface area (Å²) < 4.78 is 5.14. The molecule has 0 bridgehead atoms. The van der Waals surface area contributed by atoms with Crippen molar-refractivity contribution in [3.8, 4) is 5.88 Å². The van der Waals surface area contributed by atoms with Gasteiger partial charge in [0.2, 0.25) is 5.88 Å². The summed E-state index contributed by atoms with van der Waals surface area (Å²) in [6, 6.07) is -0.131. The standard InChI is InChI=1S/C11H19N3O/c1-7(2)8(3)9(12)10-11(15-4)14-6-5-13-10/h5-9H,12H2,1-4H3. The van der Waals surface area contributed by atoms with E-state index in [1.807, 2.05) is 0 Å². The fourth-order valence-corrected chi connectivity index (χ4v) is 1.39. The van der Waals surface area contributed by atoms with Gasteiger partial charge in [-0.25, -0.2) is 4.98 Å². The predicted molar refractivity (Wildman–Crippen MR) is 59.5 cm³/mol. The van der Waals surface area contributed by atoms with Crippen LogP contribution in [0.25, 0.3) is 0 Å². The molecular weight excluding hydrogens is 190 g/mol. The monoisotopic (exact) mass is 209 g/mol. The van der Waals surface area contributed by atoms with Crippen LogP contribution in [0.2, 0.25) is 0 Å². The van der Waals surface area contributed by atoms with E-state index in [1.165, 1.54) is 0 Å². The van der Waals surface area contributed by atoms with Crippen molar-refractivity contribution < 1.29 is 4.74 Å². The molecule has 1 aromatic rings. The van der Waals surface area contributed by atoms with Crippen molar-refractivity contribution in [1.29, 1.82) is 0 Å². The second-order valence-corrected chi connectivity index (χ2v) is 4.08. The number of ether oxygens (including phenoxy) is 1. The van der Waals surface area contributed by atoms with Gasteiger partial charge in [-0.3, -0.25) is 4.98 Å².